The Kier molecular flexibility index (Phi) is 4.44. The Hall–Kier alpha value is -0.540. The third-order valence-corrected chi connectivity index (χ3v) is 5.78. The lowest BCUT2D eigenvalue weighted by molar-refractivity contribution is 0.321. The summed E-state index contributed by atoms with van der Waals surface area (Å²) in [6.07, 6.45) is 13.4. The van der Waals surface area contributed by atoms with Crippen molar-refractivity contribution in [3.8, 4) is 0 Å². The van der Waals surface area contributed by atoms with Gasteiger partial charge in [-0.05, 0) is 62.8 Å². The first kappa shape index (κ1) is 13.4. The van der Waals surface area contributed by atoms with Crippen LogP contribution in [0.4, 0.5) is 0 Å². The smallest absolute Gasteiger partial charge is 0.0605 e. The molecule has 1 atom stereocenters. The maximum Gasteiger partial charge on any atom is 0.0605 e. The van der Waals surface area contributed by atoms with Crippen LogP contribution in [0.15, 0.2) is 18.3 Å². The lowest BCUT2D eigenvalue weighted by Gasteiger charge is -2.33. The van der Waals surface area contributed by atoms with Crippen molar-refractivity contribution in [2.45, 2.75) is 62.3 Å². The summed E-state index contributed by atoms with van der Waals surface area (Å²) in [5.41, 5.74) is 2.78. The van der Waals surface area contributed by atoms with Gasteiger partial charge in [-0.3, -0.25) is 4.98 Å². The Bertz CT molecular complexity index is 413. The molecule has 0 saturated heterocycles. The number of aryl methyl sites for hydroxylation is 1. The molecule has 2 nitrogen and oxygen atoms in total. The molecule has 0 spiro atoms. The molecule has 2 aliphatic rings. The molecule has 1 aromatic heterocycles. The summed E-state index contributed by atoms with van der Waals surface area (Å²) in [6, 6.07) is 5.54. The molecule has 1 unspecified atom stereocenters. The van der Waals surface area contributed by atoms with Gasteiger partial charge in [0.2, 0.25) is 0 Å². The van der Waals surface area contributed by atoms with Crippen LogP contribution in [0.3, 0.4) is 0 Å². The fraction of sp³-hybridized carbons (Fsp3) is 0.688. The molecule has 0 bridgehead atoms. The van der Waals surface area contributed by atoms with Gasteiger partial charge < -0.3 is 5.32 Å². The van der Waals surface area contributed by atoms with E-state index in [0.717, 1.165) is 5.25 Å². The van der Waals surface area contributed by atoms with Crippen molar-refractivity contribution in [3.05, 3.63) is 29.6 Å². The molecule has 0 radical (unpaired) electrons. The third kappa shape index (κ3) is 3.14. The van der Waals surface area contributed by atoms with Gasteiger partial charge in [0.15, 0.2) is 0 Å². The van der Waals surface area contributed by atoms with Crippen LogP contribution in [0.2, 0.25) is 0 Å². The average molecular weight is 276 g/mol. The lowest BCUT2D eigenvalue weighted by atomic mass is 9.89. The number of nitrogens with zero attached hydrogens (tertiary/aromatic N) is 1. The Morgan fingerprint density at radius 3 is 2.84 bits per heavy atom. The van der Waals surface area contributed by atoms with Gasteiger partial charge in [-0.1, -0.05) is 6.07 Å². The molecule has 1 aromatic rings. The Morgan fingerprint density at radius 2 is 2.05 bits per heavy atom. The molecule has 1 fully saturated rings. The van der Waals surface area contributed by atoms with Crippen LogP contribution in [0, 0.1) is 0 Å². The normalized spacial score (nSPS) is 30.9. The number of rotatable bonds is 3. The van der Waals surface area contributed by atoms with Gasteiger partial charge in [0, 0.05) is 23.5 Å². The topological polar surface area (TPSA) is 24.9 Å². The Balaban J connectivity index is 1.62. The van der Waals surface area contributed by atoms with Gasteiger partial charge in [-0.2, -0.15) is 11.8 Å². The van der Waals surface area contributed by atoms with Crippen molar-refractivity contribution in [2.75, 3.05) is 6.26 Å². The molecule has 0 amide bonds. The highest BCUT2D eigenvalue weighted by Crippen LogP contribution is 2.32. The molecule has 2 aliphatic carbocycles. The summed E-state index contributed by atoms with van der Waals surface area (Å²) in [5.74, 6) is 0. The third-order valence-electron chi connectivity index (χ3n) is 4.64. The van der Waals surface area contributed by atoms with Crippen molar-refractivity contribution in [2.24, 2.45) is 0 Å². The van der Waals surface area contributed by atoms with E-state index in [0.29, 0.717) is 12.1 Å². The van der Waals surface area contributed by atoms with Gasteiger partial charge >= 0.3 is 0 Å². The number of pyridine rings is 1. The summed E-state index contributed by atoms with van der Waals surface area (Å²) < 4.78 is 0. The molecule has 19 heavy (non-hydrogen) atoms. The fourth-order valence-corrected chi connectivity index (χ4v) is 4.26. The lowest BCUT2D eigenvalue weighted by Crippen LogP contribution is -2.38. The number of thioether (sulfide) groups is 1. The van der Waals surface area contributed by atoms with E-state index < -0.39 is 0 Å². The largest absolute Gasteiger partial charge is 0.306 e. The van der Waals surface area contributed by atoms with Crippen molar-refractivity contribution >= 4 is 11.8 Å². The van der Waals surface area contributed by atoms with E-state index in [2.05, 4.69) is 28.7 Å². The monoisotopic (exact) mass is 276 g/mol. The van der Waals surface area contributed by atoms with Gasteiger partial charge in [0.1, 0.15) is 0 Å². The molecular weight excluding hydrogens is 252 g/mol. The van der Waals surface area contributed by atoms with E-state index in [4.69, 9.17) is 0 Å². The highest BCUT2D eigenvalue weighted by atomic mass is 32.2. The standard InChI is InChI=1S/C16H24N2S/c1-19-14-9-7-13(8-10-14)18-15-6-2-4-12-5-3-11-17-16(12)15/h3,5,11,13-15,18H,2,4,6-10H2,1H3. The van der Waals surface area contributed by atoms with Crippen molar-refractivity contribution in [1.82, 2.24) is 10.3 Å². The number of fused-ring (bicyclic) bond motifs is 1. The van der Waals surface area contributed by atoms with Crippen LogP contribution in [0.25, 0.3) is 0 Å². The van der Waals surface area contributed by atoms with Gasteiger partial charge in [0.25, 0.3) is 0 Å². The van der Waals surface area contributed by atoms with Crippen molar-refractivity contribution < 1.29 is 0 Å². The predicted molar refractivity (Wildman–Crippen MR) is 82.6 cm³/mol. The van der Waals surface area contributed by atoms with Crippen LogP contribution in [-0.4, -0.2) is 22.5 Å². The second-order valence-electron chi connectivity index (χ2n) is 5.87. The van der Waals surface area contributed by atoms with E-state index >= 15 is 0 Å². The number of aromatic nitrogens is 1. The quantitative estimate of drug-likeness (QED) is 0.910. The minimum atomic E-state index is 0.501. The number of hydrogen-bond acceptors (Lipinski definition) is 3. The number of hydrogen-bond donors (Lipinski definition) is 1. The van der Waals surface area contributed by atoms with Crippen LogP contribution in [0.1, 0.15) is 55.8 Å². The maximum absolute atomic E-state index is 4.63. The van der Waals surface area contributed by atoms with Crippen LogP contribution >= 0.6 is 11.8 Å². The van der Waals surface area contributed by atoms with Crippen molar-refractivity contribution in [1.29, 1.82) is 0 Å². The SMILES string of the molecule is CSC1CCC(NC2CCCc3cccnc32)CC1. The summed E-state index contributed by atoms with van der Waals surface area (Å²) in [4.78, 5) is 4.63. The predicted octanol–water partition coefficient (Wildman–Crippen LogP) is 3.72. The first-order valence-electron chi connectivity index (χ1n) is 7.59. The first-order chi connectivity index (χ1) is 9.36. The zero-order chi connectivity index (χ0) is 13.1. The van der Waals surface area contributed by atoms with Crippen molar-refractivity contribution in [3.63, 3.8) is 0 Å². The summed E-state index contributed by atoms with van der Waals surface area (Å²) in [7, 11) is 0. The zero-order valence-corrected chi connectivity index (χ0v) is 12.6. The highest BCUT2D eigenvalue weighted by molar-refractivity contribution is 7.99. The highest BCUT2D eigenvalue weighted by Gasteiger charge is 2.26. The van der Waals surface area contributed by atoms with Gasteiger partial charge in [0.05, 0.1) is 5.69 Å². The van der Waals surface area contributed by atoms with Crippen LogP contribution < -0.4 is 5.32 Å². The second kappa shape index (κ2) is 6.27. The molecule has 0 aromatic carbocycles. The summed E-state index contributed by atoms with van der Waals surface area (Å²) in [5, 5.41) is 4.78. The average Bonchev–Trinajstić information content (AvgIpc) is 2.48. The Labute approximate surface area is 120 Å². The van der Waals surface area contributed by atoms with E-state index in [1.807, 2.05) is 18.0 Å². The molecule has 3 heteroatoms. The van der Waals surface area contributed by atoms with E-state index in [9.17, 15) is 0 Å². The maximum atomic E-state index is 4.63. The Morgan fingerprint density at radius 1 is 1.21 bits per heavy atom. The van der Waals surface area contributed by atoms with Crippen LogP contribution in [-0.2, 0) is 6.42 Å². The molecule has 1 saturated carbocycles. The molecule has 104 valence electrons. The second-order valence-corrected chi connectivity index (χ2v) is 7.01. The minimum absolute atomic E-state index is 0.501. The number of nitrogens with one attached hydrogen (secondary N) is 1. The summed E-state index contributed by atoms with van der Waals surface area (Å²) >= 11 is 2.04. The molecular formula is C16H24N2S. The molecule has 0 aliphatic heterocycles. The van der Waals surface area contributed by atoms with Gasteiger partial charge in [-0.15, -0.1) is 0 Å². The fourth-order valence-electron chi connectivity index (χ4n) is 3.52. The molecule has 3 rings (SSSR count). The van der Waals surface area contributed by atoms with E-state index in [1.54, 1.807) is 0 Å². The van der Waals surface area contributed by atoms with Gasteiger partial charge in [-0.25, -0.2) is 0 Å². The van der Waals surface area contributed by atoms with E-state index in [1.165, 1.54) is 56.2 Å². The zero-order valence-electron chi connectivity index (χ0n) is 11.8. The first-order valence-corrected chi connectivity index (χ1v) is 8.88. The van der Waals surface area contributed by atoms with Crippen LogP contribution in [0.5, 0.6) is 0 Å². The molecule has 1 N–H and O–H groups in total. The summed E-state index contributed by atoms with van der Waals surface area (Å²) in [6.45, 7) is 0. The molecule has 1 heterocycles. The van der Waals surface area contributed by atoms with E-state index in [-0.39, 0.29) is 0 Å². The minimum Gasteiger partial charge on any atom is -0.306 e.